The Labute approximate surface area is 371 Å². The van der Waals surface area contributed by atoms with E-state index in [0.717, 1.165) is 38.5 Å². The number of nitrogens with zero attached hydrogens (tertiary/aromatic N) is 1. The van der Waals surface area contributed by atoms with Crippen LogP contribution < -0.4 is 5.11 Å². The number of carboxylic acid groups (broad SMARTS) is 1. The summed E-state index contributed by atoms with van der Waals surface area (Å²) in [6, 6.07) is 0. The second kappa shape index (κ2) is 43.9. The van der Waals surface area contributed by atoms with E-state index in [1.165, 1.54) is 186 Å². The Hall–Kier alpha value is -1.71. The number of carbonyl (C=O) groups excluding carboxylic acids is 3. The topological polar surface area (TPSA) is 111 Å². The molecule has 2 atom stereocenters. The van der Waals surface area contributed by atoms with Crippen molar-refractivity contribution >= 4 is 17.9 Å². The number of hydrogen-bond acceptors (Lipinski definition) is 8. The van der Waals surface area contributed by atoms with Crippen molar-refractivity contribution < 1.29 is 42.9 Å². The van der Waals surface area contributed by atoms with E-state index >= 15 is 0 Å². The number of esters is 2. The Morgan fingerprint density at radius 1 is 0.433 bits per heavy atom. The van der Waals surface area contributed by atoms with Crippen LogP contribution in [0.1, 0.15) is 251 Å². The standard InChI is InChI=1S/C51H99NO8/c1-6-8-10-12-14-16-18-19-20-21-22-23-24-25-26-27-28-29-30-31-32-34-36-38-40-42-49(54)60-47(46-59-51(50(55)56)57-44-43-52(3,4)5)45-58-48(53)41-39-37-35-33-17-15-13-11-9-7-2/h47,51H,6-46H2,1-5H3. The van der Waals surface area contributed by atoms with Crippen LogP contribution in [-0.2, 0) is 33.3 Å². The molecule has 0 N–H and O–H groups in total. The summed E-state index contributed by atoms with van der Waals surface area (Å²) in [4.78, 5) is 37.0. The highest BCUT2D eigenvalue weighted by atomic mass is 16.7. The molecule has 9 nitrogen and oxygen atoms in total. The smallest absolute Gasteiger partial charge is 0.306 e. The van der Waals surface area contributed by atoms with Crippen molar-refractivity contribution in [2.24, 2.45) is 0 Å². The number of quaternary nitrogens is 1. The van der Waals surface area contributed by atoms with Crippen LogP contribution in [0.15, 0.2) is 0 Å². The maximum atomic E-state index is 12.8. The molecule has 0 saturated heterocycles. The van der Waals surface area contributed by atoms with E-state index in [-0.39, 0.29) is 32.2 Å². The van der Waals surface area contributed by atoms with Crippen LogP contribution in [0, 0.1) is 0 Å². The quantitative estimate of drug-likeness (QED) is 0.0257. The van der Waals surface area contributed by atoms with Crippen LogP contribution in [-0.4, -0.2) is 82.3 Å². The highest BCUT2D eigenvalue weighted by Crippen LogP contribution is 2.17. The van der Waals surface area contributed by atoms with Crippen molar-refractivity contribution in [2.75, 3.05) is 47.5 Å². The number of likely N-dealkylation sites (N-methyl/N-ethyl adjacent to an activating group) is 1. The zero-order valence-electron chi connectivity index (χ0n) is 40.4. The lowest BCUT2D eigenvalue weighted by Gasteiger charge is -2.26. The van der Waals surface area contributed by atoms with Gasteiger partial charge in [0, 0.05) is 12.8 Å². The SMILES string of the molecule is CCCCCCCCCCCCCCCCCCCCCCCCCCCC(=O)OC(COC(=O)CCCCCCCCCCCC)COC(OCC[N+](C)(C)C)C(=O)[O-]. The van der Waals surface area contributed by atoms with E-state index in [4.69, 9.17) is 18.9 Å². The number of carbonyl (C=O) groups is 3. The molecule has 0 bridgehead atoms. The molecular weight excluding hydrogens is 755 g/mol. The number of unbranched alkanes of at least 4 members (excludes halogenated alkanes) is 33. The van der Waals surface area contributed by atoms with Gasteiger partial charge < -0.3 is 33.3 Å². The highest BCUT2D eigenvalue weighted by Gasteiger charge is 2.22. The van der Waals surface area contributed by atoms with Gasteiger partial charge in [-0.25, -0.2) is 0 Å². The predicted octanol–water partition coefficient (Wildman–Crippen LogP) is 12.7. The van der Waals surface area contributed by atoms with Gasteiger partial charge in [0.05, 0.1) is 40.3 Å². The van der Waals surface area contributed by atoms with E-state index in [1.807, 2.05) is 21.1 Å². The summed E-state index contributed by atoms with van der Waals surface area (Å²) in [6.07, 6.45) is 43.0. The molecule has 0 heterocycles. The van der Waals surface area contributed by atoms with E-state index in [1.54, 1.807) is 0 Å². The normalized spacial score (nSPS) is 12.8. The number of ether oxygens (including phenoxy) is 4. The molecule has 9 heteroatoms. The molecule has 0 aromatic rings. The van der Waals surface area contributed by atoms with Crippen LogP contribution in [0.3, 0.4) is 0 Å². The zero-order valence-corrected chi connectivity index (χ0v) is 40.4. The summed E-state index contributed by atoms with van der Waals surface area (Å²) in [5.74, 6) is -2.26. The number of hydrogen-bond donors (Lipinski definition) is 0. The van der Waals surface area contributed by atoms with Crippen LogP contribution in [0.4, 0.5) is 0 Å². The first-order valence-corrected chi connectivity index (χ1v) is 25.7. The maximum absolute atomic E-state index is 12.8. The van der Waals surface area contributed by atoms with Gasteiger partial charge >= 0.3 is 11.9 Å². The molecule has 0 amide bonds. The average Bonchev–Trinajstić information content (AvgIpc) is 3.21. The summed E-state index contributed by atoms with van der Waals surface area (Å²) < 4.78 is 22.6. The van der Waals surface area contributed by atoms with Crippen LogP contribution in [0.2, 0.25) is 0 Å². The third-order valence-electron chi connectivity index (χ3n) is 11.6. The minimum Gasteiger partial charge on any atom is -0.545 e. The van der Waals surface area contributed by atoms with Crippen molar-refractivity contribution in [2.45, 2.75) is 264 Å². The lowest BCUT2D eigenvalue weighted by atomic mass is 10.0. The summed E-state index contributed by atoms with van der Waals surface area (Å²) in [6.45, 7) is 4.77. The van der Waals surface area contributed by atoms with Crippen LogP contribution in [0.5, 0.6) is 0 Å². The molecule has 0 radical (unpaired) electrons. The van der Waals surface area contributed by atoms with Gasteiger partial charge in [-0.2, -0.15) is 0 Å². The Morgan fingerprint density at radius 3 is 1.07 bits per heavy atom. The lowest BCUT2D eigenvalue weighted by molar-refractivity contribution is -0.870. The molecular formula is C51H99NO8. The molecule has 0 saturated carbocycles. The minimum atomic E-state index is -1.61. The van der Waals surface area contributed by atoms with Gasteiger partial charge in [0.25, 0.3) is 0 Å². The molecule has 356 valence electrons. The van der Waals surface area contributed by atoms with Gasteiger partial charge in [-0.3, -0.25) is 9.59 Å². The average molecular weight is 854 g/mol. The van der Waals surface area contributed by atoms with Crippen molar-refractivity contribution in [1.29, 1.82) is 0 Å². The molecule has 0 aliphatic heterocycles. The molecule has 0 aromatic heterocycles. The van der Waals surface area contributed by atoms with E-state index in [9.17, 15) is 19.5 Å². The van der Waals surface area contributed by atoms with Gasteiger partial charge in [0.1, 0.15) is 13.2 Å². The fourth-order valence-corrected chi connectivity index (χ4v) is 7.60. The van der Waals surface area contributed by atoms with E-state index in [2.05, 4.69) is 13.8 Å². The molecule has 0 rings (SSSR count). The third-order valence-corrected chi connectivity index (χ3v) is 11.6. The molecule has 0 aliphatic carbocycles. The van der Waals surface area contributed by atoms with Crippen molar-refractivity contribution in [3.05, 3.63) is 0 Å². The fourth-order valence-electron chi connectivity index (χ4n) is 7.60. The summed E-state index contributed by atoms with van der Waals surface area (Å²) in [5.41, 5.74) is 0. The molecule has 0 aromatic carbocycles. The molecule has 0 spiro atoms. The summed E-state index contributed by atoms with van der Waals surface area (Å²) in [7, 11) is 5.92. The first kappa shape index (κ1) is 58.3. The van der Waals surface area contributed by atoms with Crippen molar-refractivity contribution in [1.82, 2.24) is 0 Å². The fraction of sp³-hybridized carbons (Fsp3) is 0.941. The number of rotatable bonds is 48. The van der Waals surface area contributed by atoms with Crippen LogP contribution >= 0.6 is 0 Å². The van der Waals surface area contributed by atoms with Crippen LogP contribution in [0.25, 0.3) is 0 Å². The molecule has 0 aliphatic rings. The van der Waals surface area contributed by atoms with E-state index < -0.39 is 24.3 Å². The lowest BCUT2D eigenvalue weighted by Crippen LogP contribution is -2.44. The first-order valence-electron chi connectivity index (χ1n) is 25.7. The monoisotopic (exact) mass is 854 g/mol. The minimum absolute atomic E-state index is 0.153. The second-order valence-corrected chi connectivity index (χ2v) is 18.8. The molecule has 60 heavy (non-hydrogen) atoms. The van der Waals surface area contributed by atoms with Gasteiger partial charge in [-0.15, -0.1) is 0 Å². The van der Waals surface area contributed by atoms with Gasteiger partial charge in [0.2, 0.25) is 0 Å². The summed E-state index contributed by atoms with van der Waals surface area (Å²) >= 11 is 0. The van der Waals surface area contributed by atoms with E-state index in [0.29, 0.717) is 17.4 Å². The second-order valence-electron chi connectivity index (χ2n) is 18.8. The Bertz CT molecular complexity index is 954. The first-order chi connectivity index (χ1) is 29.1. The maximum Gasteiger partial charge on any atom is 0.306 e. The molecule has 0 fully saturated rings. The van der Waals surface area contributed by atoms with Crippen molar-refractivity contribution in [3.8, 4) is 0 Å². The third kappa shape index (κ3) is 44.3. The number of carboxylic acids is 1. The zero-order chi connectivity index (χ0) is 44.2. The van der Waals surface area contributed by atoms with Crippen molar-refractivity contribution in [3.63, 3.8) is 0 Å². The van der Waals surface area contributed by atoms with Gasteiger partial charge in [-0.1, -0.05) is 226 Å². The summed E-state index contributed by atoms with van der Waals surface area (Å²) in [5, 5.41) is 11.7. The Balaban J connectivity index is 4.15. The van der Waals surface area contributed by atoms with Gasteiger partial charge in [0.15, 0.2) is 12.4 Å². The highest BCUT2D eigenvalue weighted by molar-refractivity contribution is 5.70. The Morgan fingerprint density at radius 2 is 0.750 bits per heavy atom. The predicted molar refractivity (Wildman–Crippen MR) is 247 cm³/mol. The Kier molecular flexibility index (Phi) is 42.7. The number of aliphatic carboxylic acids is 1. The molecule has 2 unspecified atom stereocenters. The largest absolute Gasteiger partial charge is 0.545 e. The van der Waals surface area contributed by atoms with Gasteiger partial charge in [-0.05, 0) is 12.8 Å².